The molecular formula is C27H19ClN6O3. The molecule has 2 aromatic carbocycles. The number of halogens is 1. The minimum Gasteiger partial charge on any atom is -0.496 e. The number of fused-ring (bicyclic) bond motifs is 4. The number of aryl methyl sites for hydroxylation is 1. The molecule has 5 heterocycles. The molecule has 1 aliphatic heterocycles. The first kappa shape index (κ1) is 21.6. The second kappa shape index (κ2) is 8.21. The van der Waals surface area contributed by atoms with E-state index >= 15 is 0 Å². The number of hydrogen-bond acceptors (Lipinski definition) is 7. The van der Waals surface area contributed by atoms with Gasteiger partial charge in [0.05, 0.1) is 41.8 Å². The summed E-state index contributed by atoms with van der Waals surface area (Å²) in [4.78, 5) is 9.47. The van der Waals surface area contributed by atoms with Crippen LogP contribution in [-0.4, -0.2) is 36.5 Å². The zero-order valence-corrected chi connectivity index (χ0v) is 20.5. The third kappa shape index (κ3) is 3.31. The number of para-hydroxylation sites is 1. The summed E-state index contributed by atoms with van der Waals surface area (Å²) in [7, 11) is 1.66. The zero-order valence-electron chi connectivity index (χ0n) is 19.8. The fraction of sp³-hybridized carbons (Fsp3) is 0.111. The van der Waals surface area contributed by atoms with Crippen molar-refractivity contribution < 1.29 is 13.9 Å². The van der Waals surface area contributed by atoms with Crippen molar-refractivity contribution in [1.29, 1.82) is 0 Å². The minimum atomic E-state index is -0.333. The van der Waals surface area contributed by atoms with Crippen molar-refractivity contribution in [3.63, 3.8) is 0 Å². The molecule has 0 fully saturated rings. The molecule has 0 saturated carbocycles. The molecule has 37 heavy (non-hydrogen) atoms. The molecule has 0 spiro atoms. The Morgan fingerprint density at radius 3 is 2.59 bits per heavy atom. The van der Waals surface area contributed by atoms with E-state index in [1.807, 2.05) is 61.5 Å². The summed E-state index contributed by atoms with van der Waals surface area (Å²) >= 11 is 6.14. The molecule has 0 bridgehead atoms. The predicted octanol–water partition coefficient (Wildman–Crippen LogP) is 5.83. The summed E-state index contributed by atoms with van der Waals surface area (Å²) in [6.45, 7) is 1.97. The van der Waals surface area contributed by atoms with Crippen LogP contribution in [0.5, 0.6) is 17.5 Å². The number of hydrogen-bond donors (Lipinski definition) is 0. The van der Waals surface area contributed by atoms with E-state index < -0.39 is 0 Å². The molecule has 0 radical (unpaired) electrons. The Balaban J connectivity index is 1.52. The number of furan rings is 1. The monoisotopic (exact) mass is 510 g/mol. The molecule has 0 amide bonds. The smallest absolute Gasteiger partial charge is 0.230 e. The van der Waals surface area contributed by atoms with E-state index in [-0.39, 0.29) is 5.92 Å². The van der Waals surface area contributed by atoms with Crippen LogP contribution in [0.2, 0.25) is 5.02 Å². The van der Waals surface area contributed by atoms with E-state index in [1.54, 1.807) is 35.0 Å². The van der Waals surface area contributed by atoms with E-state index in [2.05, 4.69) is 10.1 Å². The molecule has 0 saturated heterocycles. The largest absolute Gasteiger partial charge is 0.496 e. The Bertz CT molecular complexity index is 1770. The molecule has 0 unspecified atom stereocenters. The van der Waals surface area contributed by atoms with Gasteiger partial charge in [0.15, 0.2) is 11.4 Å². The van der Waals surface area contributed by atoms with Crippen LogP contribution >= 0.6 is 11.6 Å². The molecule has 0 aliphatic carbocycles. The lowest BCUT2D eigenvalue weighted by Gasteiger charge is -2.27. The Morgan fingerprint density at radius 1 is 0.973 bits per heavy atom. The molecular weight excluding hydrogens is 492 g/mol. The van der Waals surface area contributed by atoms with Crippen molar-refractivity contribution >= 4 is 17.2 Å². The third-order valence-electron chi connectivity index (χ3n) is 6.48. The molecule has 6 aromatic rings. The summed E-state index contributed by atoms with van der Waals surface area (Å²) < 4.78 is 21.2. The first-order valence-electron chi connectivity index (χ1n) is 11.6. The number of nitrogens with zero attached hydrogens (tertiary/aromatic N) is 6. The van der Waals surface area contributed by atoms with Crippen molar-refractivity contribution in [1.82, 2.24) is 29.4 Å². The van der Waals surface area contributed by atoms with E-state index in [1.165, 1.54) is 0 Å². The first-order valence-corrected chi connectivity index (χ1v) is 12.0. The van der Waals surface area contributed by atoms with Crippen LogP contribution in [0.1, 0.15) is 28.3 Å². The van der Waals surface area contributed by atoms with Crippen LogP contribution in [0, 0.1) is 6.92 Å². The lowest BCUT2D eigenvalue weighted by Crippen LogP contribution is -2.16. The lowest BCUT2D eigenvalue weighted by molar-refractivity contribution is 0.393. The lowest BCUT2D eigenvalue weighted by atomic mass is 9.84. The van der Waals surface area contributed by atoms with E-state index in [0.29, 0.717) is 34.0 Å². The number of rotatable bonds is 4. The highest BCUT2D eigenvalue weighted by Gasteiger charge is 2.39. The average molecular weight is 511 g/mol. The van der Waals surface area contributed by atoms with Crippen LogP contribution in [0.3, 0.4) is 0 Å². The summed E-state index contributed by atoms with van der Waals surface area (Å²) in [5, 5.41) is 10.1. The minimum absolute atomic E-state index is 0.333. The molecule has 10 heteroatoms. The Kier molecular flexibility index (Phi) is 4.80. The van der Waals surface area contributed by atoms with Crippen molar-refractivity contribution in [2.24, 2.45) is 0 Å². The summed E-state index contributed by atoms with van der Waals surface area (Å²) in [6, 6.07) is 19.0. The molecule has 1 aliphatic rings. The fourth-order valence-corrected chi connectivity index (χ4v) is 4.99. The van der Waals surface area contributed by atoms with Crippen molar-refractivity contribution in [3.05, 3.63) is 101 Å². The highest BCUT2D eigenvalue weighted by atomic mass is 35.5. The molecule has 1 atom stereocenters. The second-order valence-electron chi connectivity index (χ2n) is 8.61. The SMILES string of the molecule is COc1ccccc1[C@@H]1c2c(C)nn(-c3ccc(Cl)cc3)c2Oc2ncn3nc(-c4ccco4)nc3c21. The topological polar surface area (TPSA) is 92.5 Å². The maximum absolute atomic E-state index is 6.46. The van der Waals surface area contributed by atoms with Gasteiger partial charge in [-0.3, -0.25) is 0 Å². The van der Waals surface area contributed by atoms with Crippen molar-refractivity contribution in [3.8, 4) is 34.8 Å². The van der Waals surface area contributed by atoms with Crippen LogP contribution in [0.15, 0.2) is 77.7 Å². The molecule has 9 nitrogen and oxygen atoms in total. The molecule has 7 rings (SSSR count). The van der Waals surface area contributed by atoms with Crippen molar-refractivity contribution in [2.75, 3.05) is 7.11 Å². The van der Waals surface area contributed by atoms with E-state index in [9.17, 15) is 0 Å². The molecule has 0 N–H and O–H groups in total. The Labute approximate surface area is 215 Å². The molecule has 182 valence electrons. The van der Waals surface area contributed by atoms with Crippen molar-refractivity contribution in [2.45, 2.75) is 12.8 Å². The van der Waals surface area contributed by atoms with Gasteiger partial charge in [0.25, 0.3) is 0 Å². The second-order valence-corrected chi connectivity index (χ2v) is 9.05. The van der Waals surface area contributed by atoms with Gasteiger partial charge in [0, 0.05) is 10.6 Å². The average Bonchev–Trinajstić information content (AvgIpc) is 3.67. The highest BCUT2D eigenvalue weighted by molar-refractivity contribution is 6.30. The molecule has 4 aromatic heterocycles. The fourth-order valence-electron chi connectivity index (χ4n) is 4.86. The van der Waals surface area contributed by atoms with Gasteiger partial charge in [-0.2, -0.15) is 5.10 Å². The standard InChI is InChI=1S/C27H19ClN6O3/c1-15-21-22(18-6-3-4-7-19(18)35-2)23-25-30-24(20-8-5-13-36-20)32-33(25)14-29-26(23)37-27(21)34(31-15)17-11-9-16(28)10-12-17/h3-14,22H,1-2H3/t22-/m1/s1. The Morgan fingerprint density at radius 2 is 1.81 bits per heavy atom. The van der Waals surface area contributed by atoms with Crippen LogP contribution < -0.4 is 9.47 Å². The van der Waals surface area contributed by atoms with Crippen LogP contribution in [0.4, 0.5) is 0 Å². The third-order valence-corrected chi connectivity index (χ3v) is 6.73. The quantitative estimate of drug-likeness (QED) is 0.294. The number of aromatic nitrogens is 6. The van der Waals surface area contributed by atoms with Gasteiger partial charge < -0.3 is 13.9 Å². The Hall–Kier alpha value is -4.63. The predicted molar refractivity (Wildman–Crippen MR) is 136 cm³/mol. The van der Waals surface area contributed by atoms with Gasteiger partial charge in [-0.15, -0.1) is 5.10 Å². The first-order chi connectivity index (χ1) is 18.1. The van der Waals surface area contributed by atoms with Gasteiger partial charge in [0.2, 0.25) is 17.6 Å². The normalized spacial score (nSPS) is 14.3. The van der Waals surface area contributed by atoms with Gasteiger partial charge in [-0.1, -0.05) is 29.8 Å². The summed E-state index contributed by atoms with van der Waals surface area (Å²) in [6.07, 6.45) is 3.18. The highest BCUT2D eigenvalue weighted by Crippen LogP contribution is 2.51. The summed E-state index contributed by atoms with van der Waals surface area (Å²) in [5.74, 6) is 2.42. The summed E-state index contributed by atoms with van der Waals surface area (Å²) in [5.41, 5.74) is 4.83. The number of benzene rings is 2. The van der Waals surface area contributed by atoms with Gasteiger partial charge in [-0.05, 0) is 49.4 Å². The van der Waals surface area contributed by atoms with Gasteiger partial charge >= 0.3 is 0 Å². The number of methoxy groups -OCH3 is 1. The van der Waals surface area contributed by atoms with E-state index in [4.69, 9.17) is 35.6 Å². The van der Waals surface area contributed by atoms with Crippen LogP contribution in [-0.2, 0) is 0 Å². The van der Waals surface area contributed by atoms with Gasteiger partial charge in [-0.25, -0.2) is 19.2 Å². The maximum Gasteiger partial charge on any atom is 0.230 e. The zero-order chi connectivity index (χ0) is 25.1. The van der Waals surface area contributed by atoms with Gasteiger partial charge in [0.1, 0.15) is 12.1 Å². The number of ether oxygens (including phenoxy) is 2. The van der Waals surface area contributed by atoms with Crippen LogP contribution in [0.25, 0.3) is 22.9 Å². The maximum atomic E-state index is 6.46. The van der Waals surface area contributed by atoms with E-state index in [0.717, 1.165) is 33.8 Å².